The van der Waals surface area contributed by atoms with Crippen LogP contribution < -0.4 is 4.74 Å². The van der Waals surface area contributed by atoms with Gasteiger partial charge in [0, 0.05) is 30.3 Å². The van der Waals surface area contributed by atoms with Crippen molar-refractivity contribution in [2.24, 2.45) is 11.8 Å². The number of oxazole rings is 1. The summed E-state index contributed by atoms with van der Waals surface area (Å²) in [6.45, 7) is 2.90. The summed E-state index contributed by atoms with van der Waals surface area (Å²) in [5, 5.41) is 22.0. The van der Waals surface area contributed by atoms with Crippen LogP contribution in [0.15, 0.2) is 52.6 Å². The van der Waals surface area contributed by atoms with Crippen LogP contribution in [0.5, 0.6) is 5.75 Å². The number of rotatable bonds is 13. The van der Waals surface area contributed by atoms with Crippen molar-refractivity contribution < 1.29 is 24.2 Å². The fourth-order valence-electron chi connectivity index (χ4n) is 5.20. The summed E-state index contributed by atoms with van der Waals surface area (Å²) in [6.07, 6.45) is 8.80. The number of nitrogens with zero attached hydrogens (tertiary/aromatic N) is 3. The van der Waals surface area contributed by atoms with E-state index in [2.05, 4.69) is 14.9 Å². The van der Waals surface area contributed by atoms with Crippen LogP contribution >= 0.6 is 11.8 Å². The highest BCUT2D eigenvalue weighted by molar-refractivity contribution is 7.99. The van der Waals surface area contributed by atoms with E-state index in [-0.39, 0.29) is 6.42 Å². The number of aliphatic hydroxyl groups is 1. The molecule has 4 rings (SSSR count). The Morgan fingerprint density at radius 3 is 2.92 bits per heavy atom. The Bertz CT molecular complexity index is 1110. The van der Waals surface area contributed by atoms with Crippen LogP contribution in [-0.4, -0.2) is 63.5 Å². The van der Waals surface area contributed by atoms with Crippen molar-refractivity contribution >= 4 is 28.6 Å². The Morgan fingerprint density at radius 1 is 1.25 bits per heavy atom. The summed E-state index contributed by atoms with van der Waals surface area (Å²) >= 11 is 1.62. The van der Waals surface area contributed by atoms with E-state index in [0.29, 0.717) is 29.9 Å². The van der Waals surface area contributed by atoms with Gasteiger partial charge in [0.15, 0.2) is 0 Å². The van der Waals surface area contributed by atoms with Gasteiger partial charge in [-0.3, -0.25) is 9.78 Å². The second-order valence-electron chi connectivity index (χ2n) is 9.42. The number of pyridine rings is 1. The van der Waals surface area contributed by atoms with E-state index in [0.717, 1.165) is 66.9 Å². The number of carboxylic acid groups (broad SMARTS) is 1. The normalized spacial score (nSPS) is 19.4. The molecular formula is C27H35N3O5S. The quantitative estimate of drug-likeness (QED) is 0.240. The number of thioether (sulfide) groups is 1. The summed E-state index contributed by atoms with van der Waals surface area (Å²) in [7, 11) is 1.63. The lowest BCUT2D eigenvalue weighted by Gasteiger charge is -2.39. The minimum absolute atomic E-state index is 0.187. The predicted octanol–water partition coefficient (Wildman–Crippen LogP) is 5.03. The van der Waals surface area contributed by atoms with E-state index in [9.17, 15) is 15.0 Å². The Kier molecular flexibility index (Phi) is 9.60. The van der Waals surface area contributed by atoms with Gasteiger partial charge in [0.25, 0.3) is 5.22 Å². The third-order valence-electron chi connectivity index (χ3n) is 7.11. The van der Waals surface area contributed by atoms with Crippen molar-refractivity contribution in [2.75, 3.05) is 32.5 Å². The van der Waals surface area contributed by atoms with Gasteiger partial charge in [0.1, 0.15) is 12.0 Å². The maximum absolute atomic E-state index is 11.3. The van der Waals surface area contributed by atoms with Crippen molar-refractivity contribution in [3.05, 3.63) is 48.5 Å². The molecule has 0 radical (unpaired) electrons. The number of methoxy groups -OCH3 is 1. The predicted molar refractivity (Wildman–Crippen MR) is 139 cm³/mol. The van der Waals surface area contributed by atoms with E-state index < -0.39 is 12.1 Å². The molecule has 8 nitrogen and oxygen atoms in total. The highest BCUT2D eigenvalue weighted by Crippen LogP contribution is 2.35. The molecule has 2 aromatic heterocycles. The van der Waals surface area contributed by atoms with E-state index in [1.54, 1.807) is 37.5 Å². The van der Waals surface area contributed by atoms with Crippen molar-refractivity contribution in [1.82, 2.24) is 14.9 Å². The summed E-state index contributed by atoms with van der Waals surface area (Å²) in [5.41, 5.74) is 1.70. The molecule has 1 aliphatic rings. The number of hydrogen-bond donors (Lipinski definition) is 2. The number of carbonyl (C=O) groups is 1. The van der Waals surface area contributed by atoms with Crippen LogP contribution in [-0.2, 0) is 4.79 Å². The summed E-state index contributed by atoms with van der Waals surface area (Å²) in [4.78, 5) is 22.3. The maximum Gasteiger partial charge on any atom is 0.303 e. The van der Waals surface area contributed by atoms with Gasteiger partial charge in [-0.25, -0.2) is 4.98 Å². The fourth-order valence-corrected chi connectivity index (χ4v) is 5.90. The molecule has 2 N–H and O–H groups in total. The van der Waals surface area contributed by atoms with E-state index in [4.69, 9.17) is 9.15 Å². The first-order valence-electron chi connectivity index (χ1n) is 12.6. The molecule has 1 fully saturated rings. The molecule has 1 aliphatic heterocycles. The topological polar surface area (TPSA) is 109 Å². The van der Waals surface area contributed by atoms with Gasteiger partial charge in [-0.2, -0.15) is 0 Å². The zero-order valence-corrected chi connectivity index (χ0v) is 21.5. The third kappa shape index (κ3) is 7.21. The van der Waals surface area contributed by atoms with Crippen molar-refractivity contribution in [1.29, 1.82) is 0 Å². The minimum Gasteiger partial charge on any atom is -0.497 e. The molecule has 36 heavy (non-hydrogen) atoms. The van der Waals surface area contributed by atoms with Crippen LogP contribution in [0, 0.1) is 11.8 Å². The molecule has 0 bridgehead atoms. The number of aromatic nitrogens is 2. The van der Waals surface area contributed by atoms with Gasteiger partial charge in [0.05, 0.1) is 24.9 Å². The number of ether oxygens (including phenoxy) is 1. The highest BCUT2D eigenvalue weighted by atomic mass is 32.2. The average molecular weight is 514 g/mol. The van der Waals surface area contributed by atoms with Gasteiger partial charge in [-0.05, 0) is 86.9 Å². The number of piperidine rings is 1. The summed E-state index contributed by atoms with van der Waals surface area (Å²) in [6, 6.07) is 7.59. The molecule has 9 heteroatoms. The lowest BCUT2D eigenvalue weighted by atomic mass is 9.79. The first-order chi connectivity index (χ1) is 17.5. The van der Waals surface area contributed by atoms with Crippen LogP contribution in [0.3, 0.4) is 0 Å². The summed E-state index contributed by atoms with van der Waals surface area (Å²) < 4.78 is 10.6. The van der Waals surface area contributed by atoms with E-state index >= 15 is 0 Å². The van der Waals surface area contributed by atoms with Gasteiger partial charge in [0.2, 0.25) is 0 Å². The minimum atomic E-state index is -0.745. The number of carboxylic acids is 1. The Morgan fingerprint density at radius 2 is 2.14 bits per heavy atom. The number of likely N-dealkylation sites (tertiary alicyclic amines) is 1. The molecule has 0 spiro atoms. The fraction of sp³-hybridized carbons (Fsp3) is 0.519. The molecule has 0 amide bonds. The van der Waals surface area contributed by atoms with Gasteiger partial charge in [-0.15, -0.1) is 0 Å². The lowest BCUT2D eigenvalue weighted by Crippen LogP contribution is -2.41. The first kappa shape index (κ1) is 26.4. The Hall–Kier alpha value is -2.62. The van der Waals surface area contributed by atoms with Crippen molar-refractivity contribution in [3.63, 3.8) is 0 Å². The van der Waals surface area contributed by atoms with E-state index in [1.807, 2.05) is 24.3 Å². The van der Waals surface area contributed by atoms with Gasteiger partial charge < -0.3 is 24.3 Å². The standard InChI is InChI=1S/C27H35N3O5S/c1-34-21-5-6-24-23(17-21)22(9-11-28-24)25(31)7-3-19-10-14-30(18-20(19)4-8-26(32)33)13-2-16-36-27-29-12-15-35-27/h5-6,9,11-12,15,17,19-20,25,31H,2-4,7-8,10,13-14,16,18H2,1H3,(H,32,33)/t19-,20+,25?/m1/s1. The van der Waals surface area contributed by atoms with E-state index in [1.165, 1.54) is 0 Å². The molecule has 3 heterocycles. The molecule has 1 unspecified atom stereocenters. The van der Waals surface area contributed by atoms with Gasteiger partial charge >= 0.3 is 5.97 Å². The van der Waals surface area contributed by atoms with Crippen LogP contribution in [0.25, 0.3) is 10.9 Å². The zero-order valence-electron chi connectivity index (χ0n) is 20.7. The lowest BCUT2D eigenvalue weighted by molar-refractivity contribution is -0.137. The Balaban J connectivity index is 1.33. The molecular weight excluding hydrogens is 478 g/mol. The van der Waals surface area contributed by atoms with Crippen LogP contribution in [0.1, 0.15) is 50.2 Å². The molecule has 0 aliphatic carbocycles. The molecule has 1 aromatic carbocycles. The molecule has 1 saturated heterocycles. The summed E-state index contributed by atoms with van der Waals surface area (Å²) in [5.74, 6) is 1.65. The molecule has 194 valence electrons. The molecule has 0 saturated carbocycles. The monoisotopic (exact) mass is 513 g/mol. The number of fused-ring (bicyclic) bond motifs is 1. The highest BCUT2D eigenvalue weighted by Gasteiger charge is 2.30. The second-order valence-corrected chi connectivity index (χ2v) is 10.5. The number of hydrogen-bond acceptors (Lipinski definition) is 8. The van der Waals surface area contributed by atoms with Gasteiger partial charge in [-0.1, -0.05) is 11.8 Å². The number of aliphatic hydroxyl groups excluding tert-OH is 1. The second kappa shape index (κ2) is 13.1. The number of benzene rings is 1. The molecule has 3 aromatic rings. The largest absolute Gasteiger partial charge is 0.497 e. The van der Waals surface area contributed by atoms with Crippen LogP contribution in [0.4, 0.5) is 0 Å². The maximum atomic E-state index is 11.3. The Labute approximate surface area is 216 Å². The zero-order chi connectivity index (χ0) is 25.3. The SMILES string of the molecule is COc1ccc2nccc(C(O)CC[C@@H]3CCN(CCCSc4ncco4)C[C@@H]3CCC(=O)O)c2c1. The van der Waals surface area contributed by atoms with Crippen molar-refractivity contribution in [2.45, 2.75) is 49.9 Å². The smallest absolute Gasteiger partial charge is 0.303 e. The third-order valence-corrected chi connectivity index (χ3v) is 8.05. The number of aliphatic carboxylic acids is 1. The van der Waals surface area contributed by atoms with Crippen molar-refractivity contribution in [3.8, 4) is 5.75 Å². The van der Waals surface area contributed by atoms with Crippen LogP contribution in [0.2, 0.25) is 0 Å². The average Bonchev–Trinajstić information content (AvgIpc) is 3.42. The first-order valence-corrected chi connectivity index (χ1v) is 13.6. The molecule has 3 atom stereocenters.